The van der Waals surface area contributed by atoms with Crippen LogP contribution in [-0.4, -0.2) is 34.6 Å². The molecule has 0 spiro atoms. The van der Waals surface area contributed by atoms with Crippen LogP contribution in [0.1, 0.15) is 20.3 Å². The summed E-state index contributed by atoms with van der Waals surface area (Å²) in [5.41, 5.74) is 0. The lowest BCUT2D eigenvalue weighted by Gasteiger charge is -2.15. The summed E-state index contributed by atoms with van der Waals surface area (Å²) in [5.74, 6) is 0. The highest BCUT2D eigenvalue weighted by Gasteiger charge is 2.13. The number of sulfonamides is 1. The van der Waals surface area contributed by atoms with Gasteiger partial charge in [-0.2, -0.15) is 0 Å². The van der Waals surface area contributed by atoms with Crippen molar-refractivity contribution < 1.29 is 13.3 Å². The first-order valence-electron chi connectivity index (χ1n) is 6.58. The number of rotatable bonds is 8. The Labute approximate surface area is 120 Å². The first-order valence-corrected chi connectivity index (χ1v) is 8.44. The van der Waals surface area contributed by atoms with Crippen molar-refractivity contribution in [1.29, 1.82) is 0 Å². The van der Waals surface area contributed by atoms with Crippen molar-refractivity contribution in [2.24, 2.45) is 0 Å². The lowest BCUT2D eigenvalue weighted by Crippen LogP contribution is -3.11. The van der Waals surface area contributed by atoms with Crippen LogP contribution in [0, 0.1) is 0 Å². The van der Waals surface area contributed by atoms with E-state index in [0.29, 0.717) is 11.6 Å². The molecule has 6 heteroatoms. The van der Waals surface area contributed by atoms with Gasteiger partial charge in [0.2, 0.25) is 10.0 Å². The highest BCUT2D eigenvalue weighted by Crippen LogP contribution is 2.13. The van der Waals surface area contributed by atoms with E-state index in [1.54, 1.807) is 12.1 Å². The molecule has 0 aromatic heterocycles. The highest BCUT2D eigenvalue weighted by atomic mass is 35.5. The topological polar surface area (TPSA) is 50.6 Å². The fourth-order valence-corrected chi connectivity index (χ4v) is 3.05. The Morgan fingerprint density at radius 1 is 1.16 bits per heavy atom. The van der Waals surface area contributed by atoms with E-state index in [1.807, 2.05) is 0 Å². The van der Waals surface area contributed by atoms with Gasteiger partial charge < -0.3 is 4.90 Å². The molecule has 1 aromatic carbocycles. The second-order valence-corrected chi connectivity index (χ2v) is 6.62. The number of benzene rings is 1. The number of nitrogens with one attached hydrogen (secondary N) is 2. The summed E-state index contributed by atoms with van der Waals surface area (Å²) in [6.45, 7) is 7.86. The van der Waals surface area contributed by atoms with Crippen molar-refractivity contribution in [3.63, 3.8) is 0 Å². The monoisotopic (exact) mass is 305 g/mol. The third-order valence-electron chi connectivity index (χ3n) is 3.12. The predicted molar refractivity (Wildman–Crippen MR) is 78.2 cm³/mol. The summed E-state index contributed by atoms with van der Waals surface area (Å²) in [7, 11) is -3.41. The second-order valence-electron chi connectivity index (χ2n) is 4.41. The van der Waals surface area contributed by atoms with Gasteiger partial charge in [0.05, 0.1) is 24.5 Å². The van der Waals surface area contributed by atoms with Gasteiger partial charge in [0.1, 0.15) is 0 Å². The molecule has 19 heavy (non-hydrogen) atoms. The third kappa shape index (κ3) is 5.48. The van der Waals surface area contributed by atoms with Crippen LogP contribution in [0.2, 0.25) is 5.02 Å². The minimum absolute atomic E-state index is 0.257. The minimum atomic E-state index is -3.41. The first-order chi connectivity index (χ1) is 8.99. The molecule has 2 N–H and O–H groups in total. The van der Waals surface area contributed by atoms with Gasteiger partial charge in [-0.3, -0.25) is 0 Å². The van der Waals surface area contributed by atoms with Crippen molar-refractivity contribution in [3.05, 3.63) is 29.3 Å². The van der Waals surface area contributed by atoms with Crippen LogP contribution in [0.3, 0.4) is 0 Å². The zero-order valence-electron chi connectivity index (χ0n) is 11.4. The average Bonchev–Trinajstić information content (AvgIpc) is 2.39. The summed E-state index contributed by atoms with van der Waals surface area (Å²) in [4.78, 5) is 1.73. The lowest BCUT2D eigenvalue weighted by molar-refractivity contribution is -0.896. The molecule has 0 saturated carbocycles. The van der Waals surface area contributed by atoms with Gasteiger partial charge in [-0.15, -0.1) is 0 Å². The largest absolute Gasteiger partial charge is 0.335 e. The maximum Gasteiger partial charge on any atom is 0.240 e. The molecule has 0 bridgehead atoms. The van der Waals surface area contributed by atoms with Crippen LogP contribution in [0.4, 0.5) is 0 Å². The molecule has 0 heterocycles. The highest BCUT2D eigenvalue weighted by molar-refractivity contribution is 7.89. The van der Waals surface area contributed by atoms with Gasteiger partial charge in [0.15, 0.2) is 0 Å². The molecule has 0 fully saturated rings. The molecule has 0 atom stereocenters. The van der Waals surface area contributed by atoms with Gasteiger partial charge in [0, 0.05) is 18.0 Å². The van der Waals surface area contributed by atoms with Gasteiger partial charge in [-0.25, -0.2) is 13.1 Å². The molecule has 0 saturated heterocycles. The van der Waals surface area contributed by atoms with Crippen LogP contribution in [-0.2, 0) is 10.0 Å². The molecular weight excluding hydrogens is 284 g/mol. The summed E-state index contributed by atoms with van der Waals surface area (Å²) in [6.07, 6.45) is 0.837. The zero-order chi connectivity index (χ0) is 14.3. The van der Waals surface area contributed by atoms with Crippen LogP contribution in [0.25, 0.3) is 0 Å². The predicted octanol–water partition coefficient (Wildman–Crippen LogP) is 0.933. The first kappa shape index (κ1) is 16.4. The van der Waals surface area contributed by atoms with Crippen molar-refractivity contribution >= 4 is 21.6 Å². The van der Waals surface area contributed by atoms with Crippen LogP contribution in [0.15, 0.2) is 29.2 Å². The van der Waals surface area contributed by atoms with E-state index < -0.39 is 10.0 Å². The van der Waals surface area contributed by atoms with E-state index >= 15 is 0 Å². The normalized spacial score (nSPS) is 12.0. The Morgan fingerprint density at radius 2 is 1.74 bits per heavy atom. The van der Waals surface area contributed by atoms with Crippen molar-refractivity contribution in [3.8, 4) is 0 Å². The molecular formula is C13H22ClN2O2S+. The van der Waals surface area contributed by atoms with E-state index in [-0.39, 0.29) is 4.90 Å². The molecule has 0 unspecified atom stereocenters. The summed E-state index contributed by atoms with van der Waals surface area (Å²) in [6, 6.07) is 6.19. The maximum absolute atomic E-state index is 12.0. The quantitative estimate of drug-likeness (QED) is 0.702. The van der Waals surface area contributed by atoms with Crippen LogP contribution >= 0.6 is 11.6 Å². The molecule has 108 valence electrons. The number of hydrogen-bond acceptors (Lipinski definition) is 2. The van der Waals surface area contributed by atoms with Crippen molar-refractivity contribution in [1.82, 2.24) is 4.72 Å². The smallest absolute Gasteiger partial charge is 0.240 e. The SMILES string of the molecule is CC[NH+](CC)CCCNS(=O)(=O)c1ccc(Cl)cc1. The zero-order valence-corrected chi connectivity index (χ0v) is 13.0. The second kappa shape index (κ2) is 7.85. The van der Waals surface area contributed by atoms with E-state index in [0.717, 1.165) is 26.1 Å². The Balaban J connectivity index is 2.45. The fraction of sp³-hybridized carbons (Fsp3) is 0.538. The Kier molecular flexibility index (Phi) is 6.79. The minimum Gasteiger partial charge on any atom is -0.335 e. The molecule has 0 aliphatic heterocycles. The maximum atomic E-state index is 12.0. The van der Waals surface area contributed by atoms with E-state index in [4.69, 9.17) is 11.6 Å². The summed E-state index contributed by atoms with van der Waals surface area (Å²) in [5, 5.41) is 0.532. The van der Waals surface area contributed by atoms with Crippen LogP contribution in [0.5, 0.6) is 0 Å². The number of halogens is 1. The van der Waals surface area contributed by atoms with E-state index in [2.05, 4.69) is 18.6 Å². The number of hydrogen-bond donors (Lipinski definition) is 2. The van der Waals surface area contributed by atoms with E-state index in [1.165, 1.54) is 17.0 Å². The Bertz CT molecular complexity index is 470. The fourth-order valence-electron chi connectivity index (χ4n) is 1.85. The van der Waals surface area contributed by atoms with Gasteiger partial charge in [0.25, 0.3) is 0 Å². The third-order valence-corrected chi connectivity index (χ3v) is 4.85. The van der Waals surface area contributed by atoms with Gasteiger partial charge in [-0.05, 0) is 38.1 Å². The van der Waals surface area contributed by atoms with Gasteiger partial charge in [-0.1, -0.05) is 11.6 Å². The van der Waals surface area contributed by atoms with E-state index in [9.17, 15) is 8.42 Å². The number of quaternary nitrogens is 1. The lowest BCUT2D eigenvalue weighted by atomic mass is 10.4. The molecule has 0 radical (unpaired) electrons. The summed E-state index contributed by atoms with van der Waals surface area (Å²) < 4.78 is 26.5. The average molecular weight is 306 g/mol. The molecule has 1 aromatic rings. The Hall–Kier alpha value is -0.620. The standard InChI is InChI=1S/C13H21ClN2O2S/c1-3-16(4-2)11-5-10-15-19(17,18)13-8-6-12(14)7-9-13/h6-9,15H,3-5,10-11H2,1-2H3/p+1. The Morgan fingerprint density at radius 3 is 2.26 bits per heavy atom. The van der Waals surface area contributed by atoms with Crippen molar-refractivity contribution in [2.75, 3.05) is 26.2 Å². The molecule has 4 nitrogen and oxygen atoms in total. The molecule has 1 rings (SSSR count). The molecule has 0 aliphatic carbocycles. The van der Waals surface area contributed by atoms with Crippen LogP contribution < -0.4 is 9.62 Å². The molecule has 0 aliphatic rings. The van der Waals surface area contributed by atoms with Crippen molar-refractivity contribution in [2.45, 2.75) is 25.2 Å². The molecule has 0 amide bonds. The summed E-state index contributed by atoms with van der Waals surface area (Å²) >= 11 is 5.74. The van der Waals surface area contributed by atoms with Gasteiger partial charge >= 0.3 is 0 Å².